The maximum absolute atomic E-state index is 6.07. The molecule has 0 bridgehead atoms. The summed E-state index contributed by atoms with van der Waals surface area (Å²) in [6.07, 6.45) is 3.46. The number of benzene rings is 2. The molecular formula is C18H16ClNOS2. The lowest BCUT2D eigenvalue weighted by molar-refractivity contribution is 0.537. The summed E-state index contributed by atoms with van der Waals surface area (Å²) in [7, 11) is 0. The predicted molar refractivity (Wildman–Crippen MR) is 101 cm³/mol. The van der Waals surface area contributed by atoms with Crippen molar-refractivity contribution in [2.75, 3.05) is 0 Å². The molecule has 0 unspecified atom stereocenters. The third-order valence-corrected chi connectivity index (χ3v) is 4.67. The van der Waals surface area contributed by atoms with Crippen LogP contribution in [0.1, 0.15) is 25.3 Å². The molecular weight excluding hydrogens is 346 g/mol. The molecule has 0 amide bonds. The molecule has 3 rings (SSSR count). The Morgan fingerprint density at radius 1 is 1.09 bits per heavy atom. The van der Waals surface area contributed by atoms with Gasteiger partial charge < -0.3 is 4.42 Å². The summed E-state index contributed by atoms with van der Waals surface area (Å²) < 4.78 is 8.11. The van der Waals surface area contributed by atoms with Crippen molar-refractivity contribution in [1.82, 2.24) is 4.57 Å². The first-order chi connectivity index (χ1) is 11.1. The zero-order valence-corrected chi connectivity index (χ0v) is 15.1. The molecule has 0 aliphatic carbocycles. The van der Waals surface area contributed by atoms with Gasteiger partial charge in [-0.3, -0.25) is 4.57 Å². The summed E-state index contributed by atoms with van der Waals surface area (Å²) in [6.45, 7) is 2.19. The number of aromatic nitrogens is 1. The van der Waals surface area contributed by atoms with E-state index < -0.39 is 0 Å². The minimum absolute atomic E-state index is 0.339. The Balaban J connectivity index is 2.12. The Labute approximate surface area is 150 Å². The maximum Gasteiger partial charge on any atom is 0.274 e. The highest BCUT2D eigenvalue weighted by molar-refractivity contribution is 7.72. The van der Waals surface area contributed by atoms with E-state index in [1.165, 1.54) is 18.4 Å². The van der Waals surface area contributed by atoms with E-state index in [1.807, 2.05) is 18.2 Å². The van der Waals surface area contributed by atoms with E-state index in [0.717, 1.165) is 17.5 Å². The number of rotatable bonds is 4. The monoisotopic (exact) mass is 361 g/mol. The fraction of sp³-hybridized carbons (Fsp3) is 0.222. The summed E-state index contributed by atoms with van der Waals surface area (Å²) in [5, 5.41) is 1.41. The summed E-state index contributed by atoms with van der Waals surface area (Å²) in [5.41, 5.74) is 2.87. The van der Waals surface area contributed by atoms with Crippen molar-refractivity contribution in [1.29, 1.82) is 0 Å². The van der Waals surface area contributed by atoms with Crippen molar-refractivity contribution in [3.8, 4) is 5.69 Å². The molecule has 0 N–H and O–H groups in total. The average Bonchev–Trinajstić information content (AvgIpc) is 2.55. The standard InChI is InChI=1S/C18H16ClNOS2/c1-2-3-4-12-5-8-14(9-6-12)20-17(22)15-11-13(19)7-10-16(15)21-18(20)23/h5-11H,2-4H2,1H3. The number of hydrogen-bond donors (Lipinski definition) is 0. The number of halogens is 1. The minimum atomic E-state index is 0.339. The Hall–Kier alpha value is -1.49. The smallest absolute Gasteiger partial charge is 0.274 e. The van der Waals surface area contributed by atoms with Gasteiger partial charge in [-0.2, -0.15) is 0 Å². The van der Waals surface area contributed by atoms with Crippen molar-refractivity contribution in [3.63, 3.8) is 0 Å². The van der Waals surface area contributed by atoms with Crippen LogP contribution in [0.15, 0.2) is 46.9 Å². The van der Waals surface area contributed by atoms with Crippen LogP contribution in [0, 0.1) is 9.48 Å². The molecule has 0 radical (unpaired) electrons. The van der Waals surface area contributed by atoms with E-state index in [1.54, 1.807) is 16.7 Å². The van der Waals surface area contributed by atoms with Gasteiger partial charge in [-0.25, -0.2) is 0 Å². The van der Waals surface area contributed by atoms with E-state index >= 15 is 0 Å². The van der Waals surface area contributed by atoms with Crippen LogP contribution >= 0.6 is 36.0 Å². The fourth-order valence-electron chi connectivity index (χ4n) is 2.52. The van der Waals surface area contributed by atoms with Crippen LogP contribution in [-0.4, -0.2) is 4.57 Å². The molecule has 1 aromatic heterocycles. The molecule has 0 aliphatic heterocycles. The molecule has 0 saturated heterocycles. The average molecular weight is 362 g/mol. The van der Waals surface area contributed by atoms with Crippen LogP contribution in [0.25, 0.3) is 16.7 Å². The van der Waals surface area contributed by atoms with Crippen LogP contribution < -0.4 is 0 Å². The molecule has 1 heterocycles. The number of fused-ring (bicyclic) bond motifs is 1. The molecule has 2 aromatic carbocycles. The molecule has 23 heavy (non-hydrogen) atoms. The van der Waals surface area contributed by atoms with Gasteiger partial charge in [0.15, 0.2) is 0 Å². The largest absolute Gasteiger partial charge is 0.431 e. The molecule has 5 heteroatoms. The van der Waals surface area contributed by atoms with Crippen LogP contribution in [0.5, 0.6) is 0 Å². The lowest BCUT2D eigenvalue weighted by atomic mass is 10.1. The predicted octanol–water partition coefficient (Wildman–Crippen LogP) is 6.68. The SMILES string of the molecule is CCCCc1ccc(-n2c(=S)oc3ccc(Cl)cc3c2=S)cc1. The van der Waals surface area contributed by atoms with Crippen LogP contribution in [0.2, 0.25) is 5.02 Å². The van der Waals surface area contributed by atoms with Gasteiger partial charge in [0.25, 0.3) is 4.84 Å². The fourth-order valence-corrected chi connectivity index (χ4v) is 3.38. The Bertz CT molecular complexity index is 957. The van der Waals surface area contributed by atoms with Gasteiger partial charge in [-0.15, -0.1) is 0 Å². The van der Waals surface area contributed by atoms with Crippen molar-refractivity contribution < 1.29 is 4.42 Å². The van der Waals surface area contributed by atoms with Crippen molar-refractivity contribution in [3.05, 3.63) is 62.5 Å². The molecule has 0 atom stereocenters. The van der Waals surface area contributed by atoms with Crippen LogP contribution in [-0.2, 0) is 6.42 Å². The maximum atomic E-state index is 6.07. The lowest BCUT2D eigenvalue weighted by Crippen LogP contribution is -2.00. The zero-order valence-electron chi connectivity index (χ0n) is 12.7. The van der Waals surface area contributed by atoms with E-state index in [-0.39, 0.29) is 0 Å². The van der Waals surface area contributed by atoms with Crippen molar-refractivity contribution in [2.45, 2.75) is 26.2 Å². The Kier molecular flexibility index (Phi) is 4.95. The minimum Gasteiger partial charge on any atom is -0.431 e. The first-order valence-electron chi connectivity index (χ1n) is 7.55. The molecule has 3 aromatic rings. The topological polar surface area (TPSA) is 18.1 Å². The number of nitrogens with zero attached hydrogens (tertiary/aromatic N) is 1. The highest BCUT2D eigenvalue weighted by Gasteiger charge is 2.07. The molecule has 0 fully saturated rings. The van der Waals surface area contributed by atoms with E-state index in [4.69, 9.17) is 40.5 Å². The zero-order chi connectivity index (χ0) is 16.4. The molecule has 0 saturated carbocycles. The lowest BCUT2D eigenvalue weighted by Gasteiger charge is -2.10. The summed E-state index contributed by atoms with van der Waals surface area (Å²) >= 11 is 17.1. The summed E-state index contributed by atoms with van der Waals surface area (Å²) in [5.74, 6) is 0. The summed E-state index contributed by atoms with van der Waals surface area (Å²) in [4.78, 5) is 0.339. The second kappa shape index (κ2) is 6.95. The third kappa shape index (κ3) is 3.39. The van der Waals surface area contributed by atoms with Crippen LogP contribution in [0.3, 0.4) is 0 Å². The normalized spacial score (nSPS) is 11.0. The van der Waals surface area contributed by atoms with Crippen LogP contribution in [0.4, 0.5) is 0 Å². The third-order valence-electron chi connectivity index (χ3n) is 3.77. The number of unbranched alkanes of at least 4 members (excludes halogenated alkanes) is 1. The van der Waals surface area contributed by atoms with Gasteiger partial charge in [-0.1, -0.05) is 49.3 Å². The quantitative estimate of drug-likeness (QED) is 0.483. The van der Waals surface area contributed by atoms with Gasteiger partial charge in [-0.05, 0) is 61.0 Å². The first kappa shape index (κ1) is 16.4. The first-order valence-corrected chi connectivity index (χ1v) is 8.74. The van der Waals surface area contributed by atoms with Gasteiger partial charge >= 0.3 is 0 Å². The molecule has 0 aliphatic rings. The summed E-state index contributed by atoms with van der Waals surface area (Å²) in [6, 6.07) is 13.7. The van der Waals surface area contributed by atoms with Gasteiger partial charge in [0.05, 0.1) is 11.1 Å². The van der Waals surface area contributed by atoms with Gasteiger partial charge in [0, 0.05) is 5.02 Å². The molecule has 118 valence electrons. The van der Waals surface area contributed by atoms with E-state index in [9.17, 15) is 0 Å². The number of aryl methyl sites for hydroxylation is 1. The van der Waals surface area contributed by atoms with E-state index in [0.29, 0.717) is 20.1 Å². The molecule has 0 spiro atoms. The van der Waals surface area contributed by atoms with Crippen molar-refractivity contribution >= 4 is 47.0 Å². The van der Waals surface area contributed by atoms with Crippen molar-refractivity contribution in [2.24, 2.45) is 0 Å². The Morgan fingerprint density at radius 3 is 2.52 bits per heavy atom. The second-order valence-electron chi connectivity index (χ2n) is 5.42. The van der Waals surface area contributed by atoms with E-state index in [2.05, 4.69) is 19.1 Å². The highest BCUT2D eigenvalue weighted by Crippen LogP contribution is 2.23. The highest BCUT2D eigenvalue weighted by atomic mass is 35.5. The Morgan fingerprint density at radius 2 is 1.83 bits per heavy atom. The van der Waals surface area contributed by atoms with Gasteiger partial charge in [0.2, 0.25) is 0 Å². The molecule has 2 nitrogen and oxygen atoms in total. The second-order valence-corrected chi connectivity index (χ2v) is 6.59. The number of hydrogen-bond acceptors (Lipinski definition) is 3. The van der Waals surface area contributed by atoms with Gasteiger partial charge in [0.1, 0.15) is 10.2 Å².